The molecule has 5 nitrogen and oxygen atoms in total. The molecule has 0 spiro atoms. The molecular weight excluding hydrogens is 314 g/mol. The molecule has 6 heteroatoms. The molecule has 0 aliphatic carbocycles. The van der Waals surface area contributed by atoms with E-state index < -0.39 is 6.03 Å². The molecule has 0 bridgehead atoms. The van der Waals surface area contributed by atoms with Crippen molar-refractivity contribution in [1.82, 2.24) is 9.80 Å². The van der Waals surface area contributed by atoms with Crippen LogP contribution >= 0.6 is 11.6 Å². The maximum atomic E-state index is 13.0. The second-order valence-corrected chi connectivity index (χ2v) is 6.74. The molecule has 2 saturated heterocycles. The SMILES string of the molecule is NC(=O)N1CCCC(C(=O)N2CCCC2c2ccccc2Cl)C1. The molecule has 2 unspecified atom stereocenters. The largest absolute Gasteiger partial charge is 0.351 e. The van der Waals surface area contributed by atoms with E-state index in [9.17, 15) is 9.59 Å². The molecule has 2 aliphatic rings. The lowest BCUT2D eigenvalue weighted by molar-refractivity contribution is -0.137. The predicted octanol–water partition coefficient (Wildman–Crippen LogP) is 2.79. The highest BCUT2D eigenvalue weighted by molar-refractivity contribution is 6.31. The second-order valence-electron chi connectivity index (χ2n) is 6.33. The summed E-state index contributed by atoms with van der Waals surface area (Å²) in [7, 11) is 0. The summed E-state index contributed by atoms with van der Waals surface area (Å²) in [6, 6.07) is 7.32. The number of carbonyl (C=O) groups is 2. The highest BCUT2D eigenvalue weighted by atomic mass is 35.5. The third-order valence-corrected chi connectivity index (χ3v) is 5.23. The predicted molar refractivity (Wildman–Crippen MR) is 89.0 cm³/mol. The van der Waals surface area contributed by atoms with Crippen LogP contribution in [0.15, 0.2) is 24.3 Å². The Bertz CT molecular complexity index is 607. The van der Waals surface area contributed by atoms with Crippen molar-refractivity contribution in [3.05, 3.63) is 34.9 Å². The van der Waals surface area contributed by atoms with Crippen LogP contribution in [0.1, 0.15) is 37.3 Å². The van der Waals surface area contributed by atoms with Gasteiger partial charge >= 0.3 is 6.03 Å². The number of nitrogens with zero attached hydrogens (tertiary/aromatic N) is 2. The van der Waals surface area contributed by atoms with E-state index in [1.165, 1.54) is 0 Å². The summed E-state index contributed by atoms with van der Waals surface area (Å²) < 4.78 is 0. The summed E-state index contributed by atoms with van der Waals surface area (Å²) in [5, 5.41) is 0.708. The summed E-state index contributed by atoms with van der Waals surface area (Å²) in [5.74, 6) is -0.0299. The van der Waals surface area contributed by atoms with Crippen molar-refractivity contribution in [2.45, 2.75) is 31.7 Å². The van der Waals surface area contributed by atoms with Crippen LogP contribution in [-0.4, -0.2) is 41.4 Å². The Labute approximate surface area is 141 Å². The van der Waals surface area contributed by atoms with Crippen LogP contribution in [-0.2, 0) is 4.79 Å². The molecule has 0 saturated carbocycles. The maximum Gasteiger partial charge on any atom is 0.314 e. The molecule has 3 rings (SSSR count). The number of benzene rings is 1. The summed E-state index contributed by atoms with van der Waals surface area (Å²) in [6.07, 6.45) is 3.55. The van der Waals surface area contributed by atoms with E-state index in [0.29, 0.717) is 18.1 Å². The second kappa shape index (κ2) is 6.79. The van der Waals surface area contributed by atoms with E-state index in [2.05, 4.69) is 0 Å². The molecule has 0 aromatic heterocycles. The number of nitrogens with two attached hydrogens (primary N) is 1. The molecule has 124 valence electrons. The fourth-order valence-electron chi connectivity index (χ4n) is 3.71. The minimum Gasteiger partial charge on any atom is -0.351 e. The number of rotatable bonds is 2. The fourth-order valence-corrected chi connectivity index (χ4v) is 3.97. The number of likely N-dealkylation sites (tertiary alicyclic amines) is 2. The fraction of sp³-hybridized carbons (Fsp3) is 0.529. The lowest BCUT2D eigenvalue weighted by Gasteiger charge is -2.35. The Morgan fingerprint density at radius 3 is 2.61 bits per heavy atom. The van der Waals surface area contributed by atoms with Crippen LogP contribution in [0.4, 0.5) is 4.79 Å². The van der Waals surface area contributed by atoms with Crippen LogP contribution in [0.25, 0.3) is 0 Å². The van der Waals surface area contributed by atoms with Crippen LogP contribution in [0.2, 0.25) is 5.02 Å². The van der Waals surface area contributed by atoms with E-state index in [1.54, 1.807) is 4.90 Å². The van der Waals surface area contributed by atoms with Gasteiger partial charge in [0.25, 0.3) is 0 Å². The molecule has 1 aromatic rings. The third-order valence-electron chi connectivity index (χ3n) is 4.88. The zero-order valence-corrected chi connectivity index (χ0v) is 13.8. The summed E-state index contributed by atoms with van der Waals surface area (Å²) in [4.78, 5) is 27.9. The quantitative estimate of drug-likeness (QED) is 0.903. The zero-order valence-electron chi connectivity index (χ0n) is 13.1. The number of amides is 3. The van der Waals surface area contributed by atoms with Crippen LogP contribution in [0.3, 0.4) is 0 Å². The van der Waals surface area contributed by atoms with Crippen molar-refractivity contribution in [2.24, 2.45) is 11.7 Å². The van der Waals surface area contributed by atoms with Crippen molar-refractivity contribution < 1.29 is 9.59 Å². The maximum absolute atomic E-state index is 13.0. The smallest absolute Gasteiger partial charge is 0.314 e. The van der Waals surface area contributed by atoms with Gasteiger partial charge in [0.05, 0.1) is 12.0 Å². The van der Waals surface area contributed by atoms with Gasteiger partial charge in [-0.15, -0.1) is 0 Å². The van der Waals surface area contributed by atoms with Crippen LogP contribution in [0, 0.1) is 5.92 Å². The number of halogens is 1. The van der Waals surface area contributed by atoms with Gasteiger partial charge in [-0.25, -0.2) is 4.79 Å². The number of urea groups is 1. The Kier molecular flexibility index (Phi) is 4.76. The molecule has 2 N–H and O–H groups in total. The summed E-state index contributed by atoms with van der Waals surface area (Å²) in [6.45, 7) is 1.83. The van der Waals surface area contributed by atoms with Gasteiger partial charge in [-0.05, 0) is 37.3 Å². The van der Waals surface area contributed by atoms with Gasteiger partial charge in [0, 0.05) is 24.7 Å². The van der Waals surface area contributed by atoms with E-state index in [-0.39, 0.29) is 17.9 Å². The summed E-state index contributed by atoms with van der Waals surface area (Å²) in [5.41, 5.74) is 6.38. The van der Waals surface area contributed by atoms with Crippen LogP contribution in [0.5, 0.6) is 0 Å². The molecule has 1 aromatic carbocycles. The molecule has 0 radical (unpaired) electrons. The van der Waals surface area contributed by atoms with Gasteiger partial charge in [-0.1, -0.05) is 29.8 Å². The lowest BCUT2D eigenvalue weighted by atomic mass is 9.95. The molecule has 2 fully saturated rings. The molecule has 23 heavy (non-hydrogen) atoms. The van der Waals surface area contributed by atoms with Gasteiger partial charge in [0.1, 0.15) is 0 Å². The highest BCUT2D eigenvalue weighted by Gasteiger charge is 2.36. The Balaban J connectivity index is 1.76. The number of hydrogen-bond donors (Lipinski definition) is 1. The topological polar surface area (TPSA) is 66.6 Å². The first-order chi connectivity index (χ1) is 11.1. The van der Waals surface area contributed by atoms with Gasteiger partial charge in [-0.3, -0.25) is 4.79 Å². The average Bonchev–Trinajstić information content (AvgIpc) is 3.04. The minimum atomic E-state index is -0.438. The highest BCUT2D eigenvalue weighted by Crippen LogP contribution is 2.37. The monoisotopic (exact) mass is 335 g/mol. The number of carbonyl (C=O) groups excluding carboxylic acids is 2. The van der Waals surface area contributed by atoms with Crippen molar-refractivity contribution in [3.63, 3.8) is 0 Å². The van der Waals surface area contributed by atoms with Gasteiger partial charge in [-0.2, -0.15) is 0 Å². The lowest BCUT2D eigenvalue weighted by Crippen LogP contribution is -2.48. The van der Waals surface area contributed by atoms with Crippen molar-refractivity contribution in [2.75, 3.05) is 19.6 Å². The first-order valence-corrected chi connectivity index (χ1v) is 8.55. The Morgan fingerprint density at radius 1 is 1.13 bits per heavy atom. The number of piperidine rings is 1. The normalized spacial score (nSPS) is 24.7. The molecular formula is C17H22ClN3O2. The van der Waals surface area contributed by atoms with Gasteiger partial charge < -0.3 is 15.5 Å². The van der Waals surface area contributed by atoms with Crippen molar-refractivity contribution >= 4 is 23.5 Å². The van der Waals surface area contributed by atoms with Gasteiger partial charge in [0.2, 0.25) is 5.91 Å². The average molecular weight is 336 g/mol. The Morgan fingerprint density at radius 2 is 1.87 bits per heavy atom. The van der Waals surface area contributed by atoms with E-state index in [4.69, 9.17) is 17.3 Å². The first-order valence-electron chi connectivity index (χ1n) is 8.17. The first kappa shape index (κ1) is 16.1. The van der Waals surface area contributed by atoms with Crippen molar-refractivity contribution in [1.29, 1.82) is 0 Å². The molecule has 3 amide bonds. The van der Waals surface area contributed by atoms with E-state index in [0.717, 1.165) is 37.8 Å². The van der Waals surface area contributed by atoms with Gasteiger partial charge in [0.15, 0.2) is 0 Å². The van der Waals surface area contributed by atoms with E-state index in [1.807, 2.05) is 29.2 Å². The summed E-state index contributed by atoms with van der Waals surface area (Å²) >= 11 is 6.32. The number of hydrogen-bond acceptors (Lipinski definition) is 2. The standard InChI is InChI=1S/C17H22ClN3O2/c18-14-7-2-1-6-13(14)15-8-4-10-21(15)16(22)12-5-3-9-20(11-12)17(19)23/h1-2,6-7,12,15H,3-5,8-11H2,(H2,19,23). The molecule has 2 atom stereocenters. The zero-order chi connectivity index (χ0) is 16.4. The minimum absolute atomic E-state index is 0.0418. The third kappa shape index (κ3) is 3.29. The van der Waals surface area contributed by atoms with E-state index >= 15 is 0 Å². The molecule has 2 heterocycles. The molecule has 2 aliphatic heterocycles. The van der Waals surface area contributed by atoms with Crippen LogP contribution < -0.4 is 5.73 Å². The number of primary amides is 1. The van der Waals surface area contributed by atoms with Crippen molar-refractivity contribution in [3.8, 4) is 0 Å². The Hall–Kier alpha value is -1.75.